The molecule has 3 N–H and O–H groups in total. The molecule has 3 amide bonds. The van der Waals surface area contributed by atoms with Crippen LogP contribution in [0.4, 0.5) is 9.59 Å². The number of imide groups is 3. The maximum atomic E-state index is 11.5. The van der Waals surface area contributed by atoms with Gasteiger partial charge >= 0.3 is 12.2 Å². The van der Waals surface area contributed by atoms with Gasteiger partial charge in [0.2, 0.25) is 5.91 Å². The van der Waals surface area contributed by atoms with Crippen LogP contribution in [0.3, 0.4) is 0 Å². The zero-order valence-corrected chi connectivity index (χ0v) is 10.1. The molecule has 0 fully saturated rings. The Kier molecular flexibility index (Phi) is 5.49. The Hall–Kier alpha value is -2.41. The number of hydrogen-bond acceptors (Lipinski definition) is 5. The van der Waals surface area contributed by atoms with E-state index in [-0.39, 0.29) is 24.5 Å². The van der Waals surface area contributed by atoms with Crippen LogP contribution in [-0.4, -0.2) is 34.6 Å². The van der Waals surface area contributed by atoms with E-state index < -0.39 is 18.1 Å². The van der Waals surface area contributed by atoms with Crippen LogP contribution in [0.15, 0.2) is 30.3 Å². The van der Waals surface area contributed by atoms with Crippen molar-refractivity contribution in [2.75, 3.05) is 6.54 Å². The first-order chi connectivity index (χ1) is 9.06. The summed E-state index contributed by atoms with van der Waals surface area (Å²) in [4.78, 5) is 33.8. The first-order valence-electron chi connectivity index (χ1n) is 5.53. The Labute approximate surface area is 109 Å². The van der Waals surface area contributed by atoms with Crippen LogP contribution in [-0.2, 0) is 16.1 Å². The van der Waals surface area contributed by atoms with Crippen molar-refractivity contribution in [1.29, 1.82) is 0 Å². The van der Waals surface area contributed by atoms with Gasteiger partial charge in [-0.05, 0) is 5.56 Å². The standard InChI is InChI=1S/C12H14N2O5/c13-7-6-10(15)14(11(16)17)12(18)19-8-9-4-2-1-3-5-9/h1-5H,6-8,13H2,(H,16,17). The summed E-state index contributed by atoms with van der Waals surface area (Å²) in [6, 6.07) is 8.70. The lowest BCUT2D eigenvalue weighted by atomic mass is 10.2. The summed E-state index contributed by atoms with van der Waals surface area (Å²) >= 11 is 0. The molecule has 0 bridgehead atoms. The van der Waals surface area contributed by atoms with Crippen molar-refractivity contribution in [2.45, 2.75) is 13.0 Å². The first-order valence-corrected chi connectivity index (χ1v) is 5.53. The molecule has 7 nitrogen and oxygen atoms in total. The second-order valence-corrected chi connectivity index (χ2v) is 3.59. The van der Waals surface area contributed by atoms with Gasteiger partial charge in [-0.2, -0.15) is 0 Å². The minimum absolute atomic E-state index is 0.0236. The SMILES string of the molecule is NCCC(=O)N(C(=O)O)C(=O)OCc1ccccc1. The molecule has 0 saturated heterocycles. The average molecular weight is 266 g/mol. The molecule has 0 saturated carbocycles. The molecular weight excluding hydrogens is 252 g/mol. The summed E-state index contributed by atoms with van der Waals surface area (Å²) in [6.45, 7) is -0.159. The number of carbonyl (C=O) groups excluding carboxylic acids is 2. The van der Waals surface area contributed by atoms with Crippen LogP contribution in [0.2, 0.25) is 0 Å². The highest BCUT2D eigenvalue weighted by atomic mass is 16.6. The van der Waals surface area contributed by atoms with Gasteiger partial charge in [-0.3, -0.25) is 4.79 Å². The summed E-state index contributed by atoms with van der Waals surface area (Å²) < 4.78 is 4.76. The van der Waals surface area contributed by atoms with E-state index in [1.54, 1.807) is 30.3 Å². The van der Waals surface area contributed by atoms with Crippen LogP contribution in [0.25, 0.3) is 0 Å². The molecule has 0 heterocycles. The van der Waals surface area contributed by atoms with Crippen LogP contribution >= 0.6 is 0 Å². The second kappa shape index (κ2) is 7.12. The van der Waals surface area contributed by atoms with Crippen LogP contribution in [0.5, 0.6) is 0 Å². The van der Waals surface area contributed by atoms with E-state index in [2.05, 4.69) is 0 Å². The molecule has 7 heteroatoms. The van der Waals surface area contributed by atoms with E-state index in [0.717, 1.165) is 0 Å². The summed E-state index contributed by atoms with van der Waals surface area (Å²) in [5.41, 5.74) is 5.83. The molecule has 102 valence electrons. The topological polar surface area (TPSA) is 110 Å². The number of nitrogens with zero attached hydrogens (tertiary/aromatic N) is 1. The number of hydrogen-bond donors (Lipinski definition) is 2. The van der Waals surface area contributed by atoms with E-state index in [4.69, 9.17) is 15.6 Å². The van der Waals surface area contributed by atoms with Gasteiger partial charge in [0.1, 0.15) is 6.61 Å². The van der Waals surface area contributed by atoms with E-state index in [9.17, 15) is 14.4 Å². The number of carboxylic acid groups (broad SMARTS) is 1. The lowest BCUT2D eigenvalue weighted by Crippen LogP contribution is -2.41. The van der Waals surface area contributed by atoms with Gasteiger partial charge in [-0.25, -0.2) is 9.59 Å². The molecule has 1 aromatic rings. The second-order valence-electron chi connectivity index (χ2n) is 3.59. The number of ether oxygens (including phenoxy) is 1. The summed E-state index contributed by atoms with van der Waals surface area (Å²) in [5, 5.41) is 8.80. The number of benzene rings is 1. The zero-order valence-electron chi connectivity index (χ0n) is 10.1. The van der Waals surface area contributed by atoms with Crippen molar-refractivity contribution in [3.63, 3.8) is 0 Å². The van der Waals surface area contributed by atoms with Crippen LogP contribution in [0, 0.1) is 0 Å². The fourth-order valence-electron chi connectivity index (χ4n) is 1.31. The average Bonchev–Trinajstić information content (AvgIpc) is 2.37. The quantitative estimate of drug-likeness (QED) is 0.846. The molecule has 0 spiro atoms. The Morgan fingerprint density at radius 2 is 1.84 bits per heavy atom. The number of carbonyl (C=O) groups is 3. The Balaban J connectivity index is 2.63. The third-order valence-corrected chi connectivity index (χ3v) is 2.19. The third kappa shape index (κ3) is 4.40. The van der Waals surface area contributed by atoms with Gasteiger partial charge in [-0.15, -0.1) is 4.90 Å². The highest BCUT2D eigenvalue weighted by Gasteiger charge is 2.29. The Bertz CT molecular complexity index is 460. The normalized spacial score (nSPS) is 9.74. The van der Waals surface area contributed by atoms with Crippen molar-refractivity contribution in [2.24, 2.45) is 5.73 Å². The van der Waals surface area contributed by atoms with E-state index >= 15 is 0 Å². The van der Waals surface area contributed by atoms with Crippen LogP contribution < -0.4 is 5.73 Å². The summed E-state index contributed by atoms with van der Waals surface area (Å²) in [7, 11) is 0. The molecule has 0 aliphatic carbocycles. The van der Waals surface area contributed by atoms with Crippen LogP contribution in [0.1, 0.15) is 12.0 Å². The summed E-state index contributed by atoms with van der Waals surface area (Å²) in [5.74, 6) is -0.909. The summed E-state index contributed by atoms with van der Waals surface area (Å²) in [6.07, 6.45) is -3.15. The van der Waals surface area contributed by atoms with E-state index in [0.29, 0.717) is 5.56 Å². The lowest BCUT2D eigenvalue weighted by molar-refractivity contribution is -0.127. The third-order valence-electron chi connectivity index (χ3n) is 2.19. The fraction of sp³-hybridized carbons (Fsp3) is 0.250. The van der Waals surface area contributed by atoms with E-state index in [1.807, 2.05) is 0 Å². The minimum atomic E-state index is -1.68. The minimum Gasteiger partial charge on any atom is -0.464 e. The molecular formula is C12H14N2O5. The number of nitrogens with two attached hydrogens (primary N) is 1. The van der Waals surface area contributed by atoms with Gasteiger partial charge in [-0.1, -0.05) is 30.3 Å². The van der Waals surface area contributed by atoms with Gasteiger partial charge < -0.3 is 15.6 Å². The highest BCUT2D eigenvalue weighted by Crippen LogP contribution is 2.05. The smallest absolute Gasteiger partial charge is 0.426 e. The van der Waals surface area contributed by atoms with Crippen molar-refractivity contribution >= 4 is 18.1 Å². The maximum Gasteiger partial charge on any atom is 0.426 e. The molecule has 19 heavy (non-hydrogen) atoms. The van der Waals surface area contributed by atoms with Gasteiger partial charge in [0.15, 0.2) is 0 Å². The zero-order chi connectivity index (χ0) is 14.3. The molecule has 0 aromatic heterocycles. The highest BCUT2D eigenvalue weighted by molar-refractivity contribution is 6.05. The predicted molar refractivity (Wildman–Crippen MR) is 65.2 cm³/mol. The molecule has 0 radical (unpaired) electrons. The molecule has 1 rings (SSSR count). The lowest BCUT2D eigenvalue weighted by Gasteiger charge is -2.14. The number of rotatable bonds is 4. The molecule has 0 aliphatic rings. The van der Waals surface area contributed by atoms with Gasteiger partial charge in [0.05, 0.1) is 0 Å². The van der Waals surface area contributed by atoms with Crippen molar-refractivity contribution in [3.8, 4) is 0 Å². The van der Waals surface area contributed by atoms with Gasteiger partial charge in [0, 0.05) is 13.0 Å². The van der Waals surface area contributed by atoms with Crippen molar-refractivity contribution < 1.29 is 24.2 Å². The van der Waals surface area contributed by atoms with Crippen molar-refractivity contribution in [1.82, 2.24) is 4.90 Å². The number of amides is 3. The molecule has 0 unspecified atom stereocenters. The van der Waals surface area contributed by atoms with Gasteiger partial charge in [0.25, 0.3) is 0 Å². The monoisotopic (exact) mass is 266 g/mol. The Morgan fingerprint density at radius 1 is 1.21 bits per heavy atom. The molecule has 0 atom stereocenters. The largest absolute Gasteiger partial charge is 0.464 e. The predicted octanol–water partition coefficient (Wildman–Crippen LogP) is 1.18. The van der Waals surface area contributed by atoms with E-state index in [1.165, 1.54) is 0 Å². The molecule has 1 aromatic carbocycles. The fourth-order valence-corrected chi connectivity index (χ4v) is 1.31. The molecule has 0 aliphatic heterocycles. The maximum absolute atomic E-state index is 11.5. The Morgan fingerprint density at radius 3 is 2.37 bits per heavy atom. The first kappa shape index (κ1) is 14.7. The van der Waals surface area contributed by atoms with Crippen molar-refractivity contribution in [3.05, 3.63) is 35.9 Å².